The number of rotatable bonds is 3. The molecule has 0 amide bonds. The van der Waals surface area contributed by atoms with Crippen molar-refractivity contribution >= 4 is 28.7 Å². The first-order chi connectivity index (χ1) is 8.60. The third-order valence-corrected chi connectivity index (χ3v) is 3.09. The van der Waals surface area contributed by atoms with Crippen LogP contribution in [0.15, 0.2) is 36.4 Å². The summed E-state index contributed by atoms with van der Waals surface area (Å²) in [4.78, 5) is 0. The summed E-state index contributed by atoms with van der Waals surface area (Å²) in [5.74, 6) is 0.796. The summed E-state index contributed by atoms with van der Waals surface area (Å²) in [6.45, 7) is 1.94. The van der Waals surface area contributed by atoms with Gasteiger partial charge in [-0.05, 0) is 36.8 Å². The molecule has 3 N–H and O–H groups in total. The lowest BCUT2D eigenvalue weighted by molar-refractivity contribution is 0.415. The van der Waals surface area contributed by atoms with Gasteiger partial charge in [0.05, 0.1) is 18.5 Å². The molecule has 0 aliphatic rings. The molecule has 0 aliphatic heterocycles. The summed E-state index contributed by atoms with van der Waals surface area (Å²) >= 11 is 6.01. The molecular weight excluding hydrogens is 248 g/mol. The second-order valence-corrected chi connectivity index (χ2v) is 4.45. The van der Waals surface area contributed by atoms with Crippen LogP contribution in [-0.2, 0) is 0 Å². The van der Waals surface area contributed by atoms with Crippen LogP contribution in [0.25, 0.3) is 0 Å². The van der Waals surface area contributed by atoms with E-state index < -0.39 is 0 Å². The average Bonchev–Trinajstić information content (AvgIpc) is 2.36. The van der Waals surface area contributed by atoms with Gasteiger partial charge in [0, 0.05) is 16.8 Å². The van der Waals surface area contributed by atoms with E-state index in [9.17, 15) is 0 Å². The number of ether oxygens (including phenoxy) is 1. The van der Waals surface area contributed by atoms with Gasteiger partial charge in [0.2, 0.25) is 0 Å². The molecule has 0 bridgehead atoms. The minimum absolute atomic E-state index is 0.619. The number of nitrogens with one attached hydrogen (secondary N) is 1. The number of anilines is 3. The summed E-state index contributed by atoms with van der Waals surface area (Å²) in [7, 11) is 1.64. The fraction of sp³-hybridized carbons (Fsp3) is 0.143. The van der Waals surface area contributed by atoms with Crippen LogP contribution < -0.4 is 15.8 Å². The standard InChI is InChI=1S/C14H15ClN2O/c1-9-6-14(13(16)8-12(9)15)17-10-4-3-5-11(7-10)18-2/h3-8,17H,16H2,1-2H3. The highest BCUT2D eigenvalue weighted by molar-refractivity contribution is 6.31. The molecule has 0 saturated heterocycles. The normalized spacial score (nSPS) is 10.2. The van der Waals surface area contributed by atoms with E-state index in [-0.39, 0.29) is 0 Å². The van der Waals surface area contributed by atoms with E-state index >= 15 is 0 Å². The van der Waals surface area contributed by atoms with Gasteiger partial charge in [0.15, 0.2) is 0 Å². The molecule has 0 unspecified atom stereocenters. The zero-order chi connectivity index (χ0) is 13.1. The highest BCUT2D eigenvalue weighted by Crippen LogP contribution is 2.30. The maximum Gasteiger partial charge on any atom is 0.120 e. The molecule has 0 heterocycles. The van der Waals surface area contributed by atoms with Gasteiger partial charge in [-0.2, -0.15) is 0 Å². The summed E-state index contributed by atoms with van der Waals surface area (Å²) < 4.78 is 5.17. The molecule has 4 heteroatoms. The van der Waals surface area contributed by atoms with E-state index in [2.05, 4.69) is 5.32 Å². The molecule has 0 aromatic heterocycles. The average molecular weight is 263 g/mol. The lowest BCUT2D eigenvalue weighted by atomic mass is 10.2. The first-order valence-electron chi connectivity index (χ1n) is 5.57. The summed E-state index contributed by atoms with van der Waals surface area (Å²) in [6, 6.07) is 11.3. The molecule has 0 fully saturated rings. The van der Waals surface area contributed by atoms with Crippen molar-refractivity contribution in [3.63, 3.8) is 0 Å². The van der Waals surface area contributed by atoms with Crippen LogP contribution in [0.1, 0.15) is 5.56 Å². The zero-order valence-corrected chi connectivity index (χ0v) is 11.1. The monoisotopic (exact) mass is 262 g/mol. The quantitative estimate of drug-likeness (QED) is 0.823. The van der Waals surface area contributed by atoms with Gasteiger partial charge in [0.25, 0.3) is 0 Å². The second kappa shape index (κ2) is 5.19. The molecule has 3 nitrogen and oxygen atoms in total. The Kier molecular flexibility index (Phi) is 3.63. The number of nitrogens with two attached hydrogens (primary N) is 1. The van der Waals surface area contributed by atoms with E-state index in [0.717, 1.165) is 22.7 Å². The lowest BCUT2D eigenvalue weighted by Gasteiger charge is -2.12. The van der Waals surface area contributed by atoms with E-state index in [1.165, 1.54) is 0 Å². The molecule has 2 rings (SSSR count). The fourth-order valence-corrected chi connectivity index (χ4v) is 1.83. The third kappa shape index (κ3) is 2.68. The lowest BCUT2D eigenvalue weighted by Crippen LogP contribution is -1.97. The first-order valence-corrected chi connectivity index (χ1v) is 5.94. The number of hydrogen-bond donors (Lipinski definition) is 2. The summed E-state index contributed by atoms with van der Waals surface area (Å²) in [6.07, 6.45) is 0. The number of benzene rings is 2. The Labute approximate surface area is 112 Å². The molecule has 0 aliphatic carbocycles. The molecule has 2 aromatic carbocycles. The van der Waals surface area contributed by atoms with Gasteiger partial charge in [-0.1, -0.05) is 17.7 Å². The molecule has 0 saturated carbocycles. The van der Waals surface area contributed by atoms with Gasteiger partial charge in [-0.15, -0.1) is 0 Å². The molecule has 0 atom stereocenters. The predicted octanol–water partition coefficient (Wildman–Crippen LogP) is 3.98. The Hall–Kier alpha value is -1.87. The number of halogens is 1. The Morgan fingerprint density at radius 3 is 2.72 bits per heavy atom. The van der Waals surface area contributed by atoms with Gasteiger partial charge in [-0.3, -0.25) is 0 Å². The number of aryl methyl sites for hydroxylation is 1. The van der Waals surface area contributed by atoms with Crippen molar-refractivity contribution in [3.05, 3.63) is 47.0 Å². The second-order valence-electron chi connectivity index (χ2n) is 4.05. The fourth-order valence-electron chi connectivity index (χ4n) is 1.66. The van der Waals surface area contributed by atoms with Crippen molar-refractivity contribution in [3.8, 4) is 5.75 Å². The van der Waals surface area contributed by atoms with Crippen LogP contribution in [0.5, 0.6) is 5.75 Å². The largest absolute Gasteiger partial charge is 0.497 e. The summed E-state index contributed by atoms with van der Waals surface area (Å²) in [5, 5.41) is 3.92. The van der Waals surface area contributed by atoms with E-state index in [0.29, 0.717) is 10.7 Å². The van der Waals surface area contributed by atoms with Gasteiger partial charge >= 0.3 is 0 Å². The topological polar surface area (TPSA) is 47.3 Å². The van der Waals surface area contributed by atoms with E-state index in [1.807, 2.05) is 37.3 Å². The SMILES string of the molecule is COc1cccc(Nc2cc(C)c(Cl)cc2N)c1. The molecule has 18 heavy (non-hydrogen) atoms. The Morgan fingerprint density at radius 1 is 1.22 bits per heavy atom. The van der Waals surface area contributed by atoms with Crippen LogP contribution in [0.2, 0.25) is 5.02 Å². The van der Waals surface area contributed by atoms with Crippen molar-refractivity contribution in [2.75, 3.05) is 18.2 Å². The number of hydrogen-bond acceptors (Lipinski definition) is 3. The first kappa shape index (κ1) is 12.6. The summed E-state index contributed by atoms with van der Waals surface area (Å²) in [5.41, 5.74) is 9.29. The van der Waals surface area contributed by atoms with Gasteiger partial charge < -0.3 is 15.8 Å². The van der Waals surface area contributed by atoms with Crippen LogP contribution in [-0.4, -0.2) is 7.11 Å². The van der Waals surface area contributed by atoms with Crippen LogP contribution in [0.4, 0.5) is 17.1 Å². The van der Waals surface area contributed by atoms with Crippen LogP contribution in [0, 0.1) is 6.92 Å². The molecule has 0 radical (unpaired) electrons. The highest BCUT2D eigenvalue weighted by atomic mass is 35.5. The van der Waals surface area contributed by atoms with Crippen molar-refractivity contribution in [1.29, 1.82) is 0 Å². The molecule has 94 valence electrons. The maximum absolute atomic E-state index is 6.01. The minimum Gasteiger partial charge on any atom is -0.497 e. The smallest absolute Gasteiger partial charge is 0.120 e. The zero-order valence-electron chi connectivity index (χ0n) is 10.3. The minimum atomic E-state index is 0.619. The molecular formula is C14H15ClN2O. The van der Waals surface area contributed by atoms with Crippen LogP contribution in [0.3, 0.4) is 0 Å². The maximum atomic E-state index is 6.01. The van der Waals surface area contributed by atoms with Crippen molar-refractivity contribution in [2.45, 2.75) is 6.92 Å². The van der Waals surface area contributed by atoms with Crippen LogP contribution >= 0.6 is 11.6 Å². The predicted molar refractivity (Wildman–Crippen MR) is 76.9 cm³/mol. The third-order valence-electron chi connectivity index (χ3n) is 2.68. The molecule has 0 spiro atoms. The van der Waals surface area contributed by atoms with Crippen molar-refractivity contribution in [2.24, 2.45) is 0 Å². The number of methoxy groups -OCH3 is 1. The van der Waals surface area contributed by atoms with Crippen molar-refractivity contribution < 1.29 is 4.74 Å². The van der Waals surface area contributed by atoms with Gasteiger partial charge in [-0.25, -0.2) is 0 Å². The Morgan fingerprint density at radius 2 is 2.00 bits per heavy atom. The number of nitrogen functional groups attached to an aromatic ring is 1. The van der Waals surface area contributed by atoms with E-state index in [1.54, 1.807) is 13.2 Å². The Balaban J connectivity index is 2.30. The molecule has 2 aromatic rings. The van der Waals surface area contributed by atoms with Gasteiger partial charge in [0.1, 0.15) is 5.75 Å². The Bertz CT molecular complexity index is 570. The van der Waals surface area contributed by atoms with E-state index in [4.69, 9.17) is 22.1 Å². The van der Waals surface area contributed by atoms with Crippen molar-refractivity contribution in [1.82, 2.24) is 0 Å². The highest BCUT2D eigenvalue weighted by Gasteiger charge is 2.04.